The van der Waals surface area contributed by atoms with Crippen LogP contribution in [0.5, 0.6) is 0 Å². The zero-order valence-corrected chi connectivity index (χ0v) is 6.93. The molecule has 0 rings (SSSR count). The number of nitrogens with zero attached hydrogens (tertiary/aromatic N) is 1. The first-order valence-corrected chi connectivity index (χ1v) is 3.01. The van der Waals surface area contributed by atoms with Gasteiger partial charge in [-0.05, 0) is 27.1 Å². The van der Waals surface area contributed by atoms with Crippen molar-refractivity contribution in [3.63, 3.8) is 0 Å². The van der Waals surface area contributed by atoms with Crippen LogP contribution in [-0.4, -0.2) is 31.4 Å². The lowest BCUT2D eigenvalue weighted by Gasteiger charge is -2.05. The van der Waals surface area contributed by atoms with Gasteiger partial charge in [0.1, 0.15) is 0 Å². The zero-order chi connectivity index (χ0) is 5.70. The Kier molecular flexibility index (Phi) is 10.7. The smallest absolute Gasteiger partial charge is 0.0235 e. The summed E-state index contributed by atoms with van der Waals surface area (Å²) in [6, 6.07) is 0. The van der Waals surface area contributed by atoms with Gasteiger partial charge in [0.25, 0.3) is 0 Å². The van der Waals surface area contributed by atoms with Gasteiger partial charge in [-0.25, -0.2) is 0 Å². The highest BCUT2D eigenvalue weighted by Crippen LogP contribution is 1.84. The molecule has 0 aliphatic carbocycles. The summed E-state index contributed by atoms with van der Waals surface area (Å²) < 4.78 is 0. The van der Waals surface area contributed by atoms with Gasteiger partial charge in [-0.15, -0.1) is 24.0 Å². The maximum atomic E-state index is 5.42. The lowest BCUT2D eigenvalue weighted by Crippen LogP contribution is -2.12. The number of halogens is 2. The predicted octanol–water partition coefficient (Wildman–Crippen LogP) is 1.60. The number of hydrogen-bond donors (Lipinski definition) is 0. The highest BCUT2D eigenvalue weighted by molar-refractivity contribution is 6.17. The zero-order valence-electron chi connectivity index (χ0n) is 5.35. The Morgan fingerprint density at radius 2 is 1.88 bits per heavy atom. The summed E-state index contributed by atoms with van der Waals surface area (Å²) in [6.45, 7) is 1.10. The first-order chi connectivity index (χ1) is 3.27. The van der Waals surface area contributed by atoms with E-state index >= 15 is 0 Å². The van der Waals surface area contributed by atoms with E-state index in [1.807, 2.05) is 14.1 Å². The fourth-order valence-electron chi connectivity index (χ4n) is 0.376. The van der Waals surface area contributed by atoms with E-state index in [1.54, 1.807) is 0 Å². The van der Waals surface area contributed by atoms with Gasteiger partial charge in [0.15, 0.2) is 0 Å². The van der Waals surface area contributed by atoms with Crippen LogP contribution in [0.1, 0.15) is 6.42 Å². The van der Waals surface area contributed by atoms with Gasteiger partial charge < -0.3 is 4.90 Å². The van der Waals surface area contributed by atoms with E-state index in [0.717, 1.165) is 18.8 Å². The lowest BCUT2D eigenvalue weighted by atomic mass is 10.5. The average molecular weight is 158 g/mol. The van der Waals surface area contributed by atoms with Crippen LogP contribution in [0.4, 0.5) is 0 Å². The van der Waals surface area contributed by atoms with E-state index in [4.69, 9.17) is 11.6 Å². The first-order valence-electron chi connectivity index (χ1n) is 2.48. The van der Waals surface area contributed by atoms with Crippen molar-refractivity contribution in [2.75, 3.05) is 26.5 Å². The average Bonchev–Trinajstić information content (AvgIpc) is 1.61. The minimum Gasteiger partial charge on any atom is -0.309 e. The summed E-state index contributed by atoms with van der Waals surface area (Å²) in [5.41, 5.74) is 0. The highest BCUT2D eigenvalue weighted by atomic mass is 35.5. The molecule has 0 spiro atoms. The monoisotopic (exact) mass is 157 g/mol. The molecular weight excluding hydrogens is 145 g/mol. The Hall–Kier alpha value is 0.540. The number of alkyl halides is 1. The summed E-state index contributed by atoms with van der Waals surface area (Å²) in [5.74, 6) is 0.776. The van der Waals surface area contributed by atoms with Gasteiger partial charge >= 0.3 is 0 Å². The fourth-order valence-corrected chi connectivity index (χ4v) is 0.496. The summed E-state index contributed by atoms with van der Waals surface area (Å²) in [6.07, 6.45) is 1.09. The van der Waals surface area contributed by atoms with Crippen molar-refractivity contribution in [3.8, 4) is 0 Å². The summed E-state index contributed by atoms with van der Waals surface area (Å²) in [5, 5.41) is 0. The second-order valence-electron chi connectivity index (χ2n) is 1.85. The van der Waals surface area contributed by atoms with Gasteiger partial charge in [0, 0.05) is 5.88 Å². The van der Waals surface area contributed by atoms with Crippen LogP contribution >= 0.6 is 24.0 Å². The molecule has 0 saturated heterocycles. The van der Waals surface area contributed by atoms with Crippen LogP contribution in [0.25, 0.3) is 0 Å². The van der Waals surface area contributed by atoms with Crippen molar-refractivity contribution in [2.24, 2.45) is 0 Å². The Labute approximate surface area is 62.4 Å². The fraction of sp³-hybridized carbons (Fsp3) is 1.00. The molecule has 8 heavy (non-hydrogen) atoms. The SMILES string of the molecule is CN(C)CCCCl.Cl. The van der Waals surface area contributed by atoms with Gasteiger partial charge in [-0.2, -0.15) is 0 Å². The molecule has 0 fully saturated rings. The van der Waals surface area contributed by atoms with Gasteiger partial charge in [-0.1, -0.05) is 0 Å². The topological polar surface area (TPSA) is 3.24 Å². The maximum absolute atomic E-state index is 5.42. The van der Waals surface area contributed by atoms with Crippen LogP contribution in [-0.2, 0) is 0 Å². The van der Waals surface area contributed by atoms with E-state index in [0.29, 0.717) is 0 Å². The van der Waals surface area contributed by atoms with Crippen LogP contribution in [0.2, 0.25) is 0 Å². The third kappa shape index (κ3) is 9.74. The molecule has 0 bridgehead atoms. The quantitative estimate of drug-likeness (QED) is 0.564. The molecule has 0 aromatic rings. The van der Waals surface area contributed by atoms with Crippen molar-refractivity contribution in [1.82, 2.24) is 4.90 Å². The Balaban J connectivity index is 0. The third-order valence-corrected chi connectivity index (χ3v) is 1.01. The first kappa shape index (κ1) is 11.4. The number of hydrogen-bond acceptors (Lipinski definition) is 1. The second-order valence-corrected chi connectivity index (χ2v) is 2.22. The van der Waals surface area contributed by atoms with E-state index < -0.39 is 0 Å². The van der Waals surface area contributed by atoms with Crippen molar-refractivity contribution in [2.45, 2.75) is 6.42 Å². The van der Waals surface area contributed by atoms with E-state index in [9.17, 15) is 0 Å². The molecule has 0 aliphatic rings. The van der Waals surface area contributed by atoms with Crippen LogP contribution in [0.3, 0.4) is 0 Å². The third-order valence-electron chi connectivity index (χ3n) is 0.739. The molecular formula is C5H13Cl2N. The Bertz CT molecular complexity index is 39.4. The highest BCUT2D eigenvalue weighted by Gasteiger charge is 1.84. The lowest BCUT2D eigenvalue weighted by molar-refractivity contribution is 0.409. The van der Waals surface area contributed by atoms with Gasteiger partial charge in [-0.3, -0.25) is 0 Å². The molecule has 0 aromatic carbocycles. The number of rotatable bonds is 3. The normalized spacial score (nSPS) is 9.00. The van der Waals surface area contributed by atoms with Crippen LogP contribution in [0, 0.1) is 0 Å². The molecule has 1 nitrogen and oxygen atoms in total. The van der Waals surface area contributed by atoms with Crippen molar-refractivity contribution in [1.29, 1.82) is 0 Å². The molecule has 0 aliphatic heterocycles. The maximum Gasteiger partial charge on any atom is 0.0235 e. The molecule has 0 N–H and O–H groups in total. The van der Waals surface area contributed by atoms with Gasteiger partial charge in [0.05, 0.1) is 0 Å². The van der Waals surface area contributed by atoms with Crippen molar-refractivity contribution >= 4 is 24.0 Å². The molecule has 0 atom stereocenters. The summed E-state index contributed by atoms with van der Waals surface area (Å²) in [4.78, 5) is 2.13. The van der Waals surface area contributed by atoms with Gasteiger partial charge in [0.2, 0.25) is 0 Å². The van der Waals surface area contributed by atoms with Crippen LogP contribution < -0.4 is 0 Å². The molecule has 0 radical (unpaired) electrons. The Morgan fingerprint density at radius 3 is 2.00 bits per heavy atom. The molecule has 0 saturated carbocycles. The van der Waals surface area contributed by atoms with E-state index in [2.05, 4.69) is 4.90 Å². The molecule has 0 unspecified atom stereocenters. The Morgan fingerprint density at radius 1 is 1.38 bits per heavy atom. The van der Waals surface area contributed by atoms with Crippen molar-refractivity contribution < 1.29 is 0 Å². The predicted molar refractivity (Wildman–Crippen MR) is 41.1 cm³/mol. The summed E-state index contributed by atoms with van der Waals surface area (Å²) >= 11 is 5.42. The molecule has 0 aromatic heterocycles. The van der Waals surface area contributed by atoms with Crippen molar-refractivity contribution in [3.05, 3.63) is 0 Å². The minimum atomic E-state index is 0. The van der Waals surface area contributed by atoms with Crippen LogP contribution in [0.15, 0.2) is 0 Å². The standard InChI is InChI=1S/C5H12ClN.ClH/c1-7(2)5-3-4-6;/h3-5H2,1-2H3;1H. The molecule has 0 heterocycles. The minimum absolute atomic E-state index is 0. The van der Waals surface area contributed by atoms with E-state index in [-0.39, 0.29) is 12.4 Å². The van der Waals surface area contributed by atoms with E-state index in [1.165, 1.54) is 0 Å². The largest absolute Gasteiger partial charge is 0.309 e. The molecule has 52 valence electrons. The molecule has 0 amide bonds. The molecule has 3 heteroatoms. The summed E-state index contributed by atoms with van der Waals surface area (Å²) in [7, 11) is 4.10. The second kappa shape index (κ2) is 7.54.